The fourth-order valence-electron chi connectivity index (χ4n) is 3.57. The molecule has 0 bridgehead atoms. The van der Waals surface area contributed by atoms with Crippen molar-refractivity contribution < 1.29 is 9.53 Å². The Hall–Kier alpha value is -1.85. The molecule has 1 aliphatic heterocycles. The van der Waals surface area contributed by atoms with E-state index in [1.54, 1.807) is 7.11 Å². The van der Waals surface area contributed by atoms with E-state index in [1.807, 2.05) is 34.4 Å². The Morgan fingerprint density at radius 2 is 2.12 bits per heavy atom. The third kappa shape index (κ3) is 4.86. The highest BCUT2D eigenvalue weighted by Crippen LogP contribution is 2.30. The number of carbonyl (C=O) groups excluding carboxylic acids is 1. The van der Waals surface area contributed by atoms with Crippen LogP contribution in [-0.4, -0.2) is 37.6 Å². The van der Waals surface area contributed by atoms with E-state index in [0.717, 1.165) is 56.6 Å². The van der Waals surface area contributed by atoms with Crippen molar-refractivity contribution >= 4 is 17.2 Å². The van der Waals surface area contributed by atoms with E-state index in [4.69, 9.17) is 4.74 Å². The zero-order valence-corrected chi connectivity index (χ0v) is 16.3. The Balaban J connectivity index is 1.52. The van der Waals surface area contributed by atoms with Gasteiger partial charge in [0.2, 0.25) is 5.91 Å². The number of nitrogens with zero attached hydrogens (tertiary/aromatic N) is 1. The fourth-order valence-corrected chi connectivity index (χ4v) is 4.32. The molecular formula is C21H28N2O2S. The van der Waals surface area contributed by atoms with E-state index < -0.39 is 0 Å². The van der Waals surface area contributed by atoms with E-state index in [9.17, 15) is 4.79 Å². The van der Waals surface area contributed by atoms with Gasteiger partial charge in [-0.1, -0.05) is 30.7 Å². The Labute approximate surface area is 160 Å². The summed E-state index contributed by atoms with van der Waals surface area (Å²) in [4.78, 5) is 16.3. The van der Waals surface area contributed by atoms with Crippen molar-refractivity contribution in [3.05, 3.63) is 52.2 Å². The van der Waals surface area contributed by atoms with Crippen LogP contribution in [0, 0.1) is 0 Å². The highest BCUT2D eigenvalue weighted by Gasteiger charge is 2.29. The molecule has 1 amide bonds. The van der Waals surface area contributed by atoms with Crippen molar-refractivity contribution in [2.75, 3.05) is 26.7 Å². The lowest BCUT2D eigenvalue weighted by atomic mass is 10.0. The van der Waals surface area contributed by atoms with Crippen LogP contribution in [0.3, 0.4) is 0 Å². The number of para-hydroxylation sites is 1. The van der Waals surface area contributed by atoms with Gasteiger partial charge in [-0.05, 0) is 36.8 Å². The van der Waals surface area contributed by atoms with Crippen molar-refractivity contribution in [2.45, 2.75) is 38.1 Å². The van der Waals surface area contributed by atoms with Gasteiger partial charge in [-0.25, -0.2) is 0 Å². The lowest BCUT2D eigenvalue weighted by Crippen LogP contribution is -2.48. The molecule has 1 aromatic heterocycles. The molecule has 1 fully saturated rings. The van der Waals surface area contributed by atoms with E-state index in [2.05, 4.69) is 28.9 Å². The number of hydrogen-bond acceptors (Lipinski definition) is 4. The van der Waals surface area contributed by atoms with Crippen molar-refractivity contribution in [1.82, 2.24) is 10.2 Å². The predicted octanol–water partition coefficient (Wildman–Crippen LogP) is 4.03. The monoisotopic (exact) mass is 372 g/mol. The van der Waals surface area contributed by atoms with Gasteiger partial charge in [-0.2, -0.15) is 0 Å². The first kappa shape index (κ1) is 18.9. The Bertz CT molecular complexity index is 687. The maximum atomic E-state index is 12.8. The second-order valence-electron chi connectivity index (χ2n) is 6.69. The molecule has 2 aromatic rings. The molecule has 140 valence electrons. The zero-order chi connectivity index (χ0) is 18.2. The number of nitrogens with one attached hydrogen (secondary N) is 1. The van der Waals surface area contributed by atoms with Gasteiger partial charge in [0.1, 0.15) is 5.75 Å². The van der Waals surface area contributed by atoms with Gasteiger partial charge in [0.15, 0.2) is 0 Å². The summed E-state index contributed by atoms with van der Waals surface area (Å²) in [7, 11) is 1.69. The van der Waals surface area contributed by atoms with Gasteiger partial charge in [0.05, 0.1) is 13.2 Å². The SMILES string of the molecule is COc1ccccc1C1CNCCN1C(=O)CCCCCc1cccs1. The van der Waals surface area contributed by atoms with Crippen LogP contribution in [0.2, 0.25) is 0 Å². The molecular weight excluding hydrogens is 344 g/mol. The van der Waals surface area contributed by atoms with Crippen molar-refractivity contribution in [1.29, 1.82) is 0 Å². The zero-order valence-electron chi connectivity index (χ0n) is 15.4. The smallest absolute Gasteiger partial charge is 0.223 e. The number of rotatable bonds is 8. The topological polar surface area (TPSA) is 41.6 Å². The van der Waals surface area contributed by atoms with Gasteiger partial charge in [0, 0.05) is 36.5 Å². The first-order valence-electron chi connectivity index (χ1n) is 9.45. The van der Waals surface area contributed by atoms with Crippen LogP contribution >= 0.6 is 11.3 Å². The minimum absolute atomic E-state index is 0.0542. The fraction of sp³-hybridized carbons (Fsp3) is 0.476. The predicted molar refractivity (Wildman–Crippen MR) is 107 cm³/mol. The summed E-state index contributed by atoms with van der Waals surface area (Å²) in [5.41, 5.74) is 1.09. The number of methoxy groups -OCH3 is 1. The largest absolute Gasteiger partial charge is 0.496 e. The van der Waals surface area contributed by atoms with Crippen LogP contribution < -0.4 is 10.1 Å². The molecule has 0 spiro atoms. The molecule has 1 unspecified atom stereocenters. The first-order valence-corrected chi connectivity index (χ1v) is 10.3. The lowest BCUT2D eigenvalue weighted by Gasteiger charge is -2.37. The number of aryl methyl sites for hydroxylation is 1. The summed E-state index contributed by atoms with van der Waals surface area (Å²) < 4.78 is 5.51. The Morgan fingerprint density at radius 1 is 1.23 bits per heavy atom. The van der Waals surface area contributed by atoms with E-state index in [1.165, 1.54) is 4.88 Å². The highest BCUT2D eigenvalue weighted by molar-refractivity contribution is 7.09. The van der Waals surface area contributed by atoms with Crippen molar-refractivity contribution in [3.63, 3.8) is 0 Å². The summed E-state index contributed by atoms with van der Waals surface area (Å²) in [5.74, 6) is 1.12. The molecule has 26 heavy (non-hydrogen) atoms. The number of thiophene rings is 1. The standard InChI is InChI=1S/C21H28N2O2S/c1-25-20-11-6-5-10-18(20)19-16-22-13-14-23(19)21(24)12-4-2-3-8-17-9-7-15-26-17/h5-7,9-11,15,19,22H,2-4,8,12-14,16H2,1H3. The van der Waals surface area contributed by atoms with Crippen LogP contribution in [0.5, 0.6) is 5.75 Å². The summed E-state index contributed by atoms with van der Waals surface area (Å²) in [6.45, 7) is 2.40. The normalized spacial score (nSPS) is 17.3. The number of ether oxygens (including phenoxy) is 1. The van der Waals surface area contributed by atoms with Crippen LogP contribution in [0.25, 0.3) is 0 Å². The molecule has 4 nitrogen and oxygen atoms in total. The summed E-state index contributed by atoms with van der Waals surface area (Å²) in [5, 5.41) is 5.54. The van der Waals surface area contributed by atoms with Gasteiger partial charge < -0.3 is 15.0 Å². The number of piperazine rings is 1. The third-order valence-electron chi connectivity index (χ3n) is 4.96. The number of benzene rings is 1. The van der Waals surface area contributed by atoms with Crippen LogP contribution in [0.15, 0.2) is 41.8 Å². The molecule has 1 N–H and O–H groups in total. The maximum absolute atomic E-state index is 12.8. The maximum Gasteiger partial charge on any atom is 0.223 e. The Kier molecular flexibility index (Phi) is 7.09. The average molecular weight is 373 g/mol. The molecule has 0 radical (unpaired) electrons. The molecule has 3 rings (SSSR count). The van der Waals surface area contributed by atoms with Gasteiger partial charge in [-0.3, -0.25) is 4.79 Å². The molecule has 1 aromatic carbocycles. The number of amides is 1. The molecule has 0 aliphatic carbocycles. The average Bonchev–Trinajstić information content (AvgIpc) is 3.21. The highest BCUT2D eigenvalue weighted by atomic mass is 32.1. The van der Waals surface area contributed by atoms with Gasteiger partial charge in [-0.15, -0.1) is 11.3 Å². The molecule has 2 heterocycles. The second kappa shape index (κ2) is 9.74. The summed E-state index contributed by atoms with van der Waals surface area (Å²) >= 11 is 1.82. The number of unbranched alkanes of at least 4 members (excludes halogenated alkanes) is 2. The number of hydrogen-bond donors (Lipinski definition) is 1. The quantitative estimate of drug-likeness (QED) is 0.711. The number of carbonyl (C=O) groups is 1. The molecule has 5 heteroatoms. The van der Waals surface area contributed by atoms with Gasteiger partial charge in [0.25, 0.3) is 0 Å². The minimum Gasteiger partial charge on any atom is -0.496 e. The molecule has 1 saturated heterocycles. The van der Waals surface area contributed by atoms with Crippen molar-refractivity contribution in [3.8, 4) is 5.75 Å². The van der Waals surface area contributed by atoms with E-state index in [0.29, 0.717) is 6.42 Å². The van der Waals surface area contributed by atoms with Crippen molar-refractivity contribution in [2.24, 2.45) is 0 Å². The van der Waals surface area contributed by atoms with Crippen LogP contribution in [-0.2, 0) is 11.2 Å². The van der Waals surface area contributed by atoms with Crippen LogP contribution in [0.4, 0.5) is 0 Å². The molecule has 1 aliphatic rings. The van der Waals surface area contributed by atoms with E-state index in [-0.39, 0.29) is 11.9 Å². The molecule has 1 atom stereocenters. The minimum atomic E-state index is 0.0542. The first-order chi connectivity index (χ1) is 12.8. The third-order valence-corrected chi connectivity index (χ3v) is 5.89. The van der Waals surface area contributed by atoms with Gasteiger partial charge >= 0.3 is 0 Å². The summed E-state index contributed by atoms with van der Waals surface area (Å²) in [6.07, 6.45) is 4.99. The second-order valence-corrected chi connectivity index (χ2v) is 7.72. The summed E-state index contributed by atoms with van der Waals surface area (Å²) in [6, 6.07) is 12.4. The molecule has 0 saturated carbocycles. The Morgan fingerprint density at radius 3 is 2.92 bits per heavy atom. The van der Waals surface area contributed by atoms with Crippen LogP contribution in [0.1, 0.15) is 42.2 Å². The van der Waals surface area contributed by atoms with E-state index >= 15 is 0 Å². The lowest BCUT2D eigenvalue weighted by molar-refractivity contribution is -0.134.